The normalized spacial score (nSPS) is 29.2. The van der Waals surface area contributed by atoms with Gasteiger partial charge in [0.15, 0.2) is 0 Å². The van der Waals surface area contributed by atoms with Gasteiger partial charge in [0.05, 0.1) is 0 Å². The second-order valence-corrected chi connectivity index (χ2v) is 7.07. The summed E-state index contributed by atoms with van der Waals surface area (Å²) in [4.78, 5) is 6.69. The van der Waals surface area contributed by atoms with Gasteiger partial charge in [0.2, 0.25) is 0 Å². The van der Waals surface area contributed by atoms with E-state index in [0.29, 0.717) is 6.04 Å². The van der Waals surface area contributed by atoms with Crippen molar-refractivity contribution in [2.24, 2.45) is 0 Å². The van der Waals surface area contributed by atoms with Gasteiger partial charge < -0.3 is 4.90 Å². The van der Waals surface area contributed by atoms with Gasteiger partial charge in [-0.3, -0.25) is 4.90 Å². The second-order valence-electron chi connectivity index (χ2n) is 6.01. The third-order valence-corrected chi connectivity index (χ3v) is 5.69. The summed E-state index contributed by atoms with van der Waals surface area (Å²) >= 11 is 2.03. The van der Waals surface area contributed by atoms with Crippen LogP contribution < -0.4 is 0 Å². The molecule has 0 spiro atoms. The molecule has 1 aromatic carbocycles. The van der Waals surface area contributed by atoms with Crippen LogP contribution in [0.5, 0.6) is 0 Å². The first-order valence-electron chi connectivity index (χ1n) is 7.38. The van der Waals surface area contributed by atoms with Crippen LogP contribution >= 0.6 is 11.8 Å². The smallest absolute Gasteiger partial charge is 0.0195 e. The maximum Gasteiger partial charge on any atom is 0.0195 e. The molecule has 0 aliphatic carbocycles. The zero-order chi connectivity index (χ0) is 13.2. The highest BCUT2D eigenvalue weighted by molar-refractivity contribution is 7.99. The molecule has 0 radical (unpaired) electrons. The van der Waals surface area contributed by atoms with E-state index in [0.717, 1.165) is 5.92 Å². The fourth-order valence-electron chi connectivity index (χ4n) is 3.36. The molecule has 104 valence electrons. The molecule has 0 aromatic heterocycles. The van der Waals surface area contributed by atoms with E-state index < -0.39 is 0 Å². The van der Waals surface area contributed by atoms with E-state index in [1.165, 1.54) is 43.2 Å². The van der Waals surface area contributed by atoms with Crippen LogP contribution in [0.4, 0.5) is 0 Å². The predicted molar refractivity (Wildman–Crippen MR) is 83.1 cm³/mol. The molecular formula is C16H24N2S. The number of thioether (sulfide) groups is 1. The fourth-order valence-corrected chi connectivity index (χ4v) is 4.60. The highest BCUT2D eigenvalue weighted by atomic mass is 32.2. The summed E-state index contributed by atoms with van der Waals surface area (Å²) in [5.74, 6) is 1.99. The zero-order valence-electron chi connectivity index (χ0n) is 12.0. The maximum atomic E-state index is 2.71. The average Bonchev–Trinajstić information content (AvgIpc) is 2.73. The van der Waals surface area contributed by atoms with Crippen molar-refractivity contribution < 1.29 is 0 Å². The standard InChI is InChI=1S/C16H24N2S/c1-13-10-17(2)8-5-9-18(13)11-14-12-19-16-7-4-3-6-15(14)16/h3-4,6-7,13-14H,5,8-12H2,1-2H3. The fraction of sp³-hybridized carbons (Fsp3) is 0.625. The van der Waals surface area contributed by atoms with E-state index in [9.17, 15) is 0 Å². The first kappa shape index (κ1) is 13.5. The van der Waals surface area contributed by atoms with Gasteiger partial charge in [-0.1, -0.05) is 18.2 Å². The van der Waals surface area contributed by atoms with Crippen LogP contribution in [-0.4, -0.2) is 54.8 Å². The van der Waals surface area contributed by atoms with Gasteiger partial charge >= 0.3 is 0 Å². The second kappa shape index (κ2) is 5.86. The Labute approximate surface area is 121 Å². The lowest BCUT2D eigenvalue weighted by molar-refractivity contribution is 0.195. The van der Waals surface area contributed by atoms with Gasteiger partial charge in [-0.2, -0.15) is 0 Å². The molecule has 2 atom stereocenters. The Kier molecular flexibility index (Phi) is 4.15. The van der Waals surface area contributed by atoms with Gasteiger partial charge in [-0.25, -0.2) is 0 Å². The Morgan fingerprint density at radius 2 is 2.11 bits per heavy atom. The van der Waals surface area contributed by atoms with Crippen LogP contribution in [0.2, 0.25) is 0 Å². The highest BCUT2D eigenvalue weighted by Crippen LogP contribution is 2.39. The van der Waals surface area contributed by atoms with Crippen LogP contribution in [0.1, 0.15) is 24.8 Å². The first-order valence-corrected chi connectivity index (χ1v) is 8.37. The minimum absolute atomic E-state index is 0.685. The summed E-state index contributed by atoms with van der Waals surface area (Å²) in [6.07, 6.45) is 1.31. The van der Waals surface area contributed by atoms with Gasteiger partial charge in [0.25, 0.3) is 0 Å². The number of likely N-dealkylation sites (N-methyl/N-ethyl adjacent to an activating group) is 1. The third kappa shape index (κ3) is 2.99. The Balaban J connectivity index is 1.68. The molecule has 2 unspecified atom stereocenters. The largest absolute Gasteiger partial charge is 0.305 e. The molecule has 2 aliphatic heterocycles. The van der Waals surface area contributed by atoms with Crippen LogP contribution in [0, 0.1) is 0 Å². The van der Waals surface area contributed by atoms with Crippen molar-refractivity contribution >= 4 is 11.8 Å². The third-order valence-electron chi connectivity index (χ3n) is 4.44. The molecule has 2 nitrogen and oxygen atoms in total. The summed E-state index contributed by atoms with van der Waals surface area (Å²) in [5, 5.41) is 0. The molecule has 1 saturated heterocycles. The van der Waals surface area contributed by atoms with Crippen molar-refractivity contribution in [2.75, 3.05) is 39.0 Å². The van der Waals surface area contributed by atoms with Crippen molar-refractivity contribution in [1.82, 2.24) is 9.80 Å². The molecule has 2 aliphatic rings. The minimum Gasteiger partial charge on any atom is -0.305 e. The van der Waals surface area contributed by atoms with E-state index in [1.54, 1.807) is 5.56 Å². The topological polar surface area (TPSA) is 6.48 Å². The average molecular weight is 276 g/mol. The molecule has 0 saturated carbocycles. The van der Waals surface area contributed by atoms with Crippen LogP contribution in [0.25, 0.3) is 0 Å². The molecule has 3 rings (SSSR count). The van der Waals surface area contributed by atoms with Gasteiger partial charge in [0.1, 0.15) is 0 Å². The SMILES string of the molecule is CC1CN(C)CCCN1CC1CSc2ccccc21. The van der Waals surface area contributed by atoms with Gasteiger partial charge in [-0.15, -0.1) is 11.8 Å². The highest BCUT2D eigenvalue weighted by Gasteiger charge is 2.27. The first-order chi connectivity index (χ1) is 9.24. The molecule has 1 aromatic rings. The molecular weight excluding hydrogens is 252 g/mol. The lowest BCUT2D eigenvalue weighted by Gasteiger charge is -2.30. The zero-order valence-corrected chi connectivity index (χ0v) is 12.8. The molecule has 0 amide bonds. The van der Waals surface area contributed by atoms with Crippen molar-refractivity contribution in [3.8, 4) is 0 Å². The number of fused-ring (bicyclic) bond motifs is 1. The molecule has 19 heavy (non-hydrogen) atoms. The molecule has 0 N–H and O–H groups in total. The van der Waals surface area contributed by atoms with Crippen molar-refractivity contribution in [1.29, 1.82) is 0 Å². The van der Waals surface area contributed by atoms with Gasteiger partial charge in [0, 0.05) is 35.7 Å². The summed E-state index contributed by atoms with van der Waals surface area (Å²) in [6, 6.07) is 9.65. The minimum atomic E-state index is 0.685. The van der Waals surface area contributed by atoms with Crippen LogP contribution in [-0.2, 0) is 0 Å². The molecule has 2 heterocycles. The monoisotopic (exact) mass is 276 g/mol. The van der Waals surface area contributed by atoms with E-state index >= 15 is 0 Å². The van der Waals surface area contributed by atoms with E-state index in [2.05, 4.69) is 48.0 Å². The number of nitrogens with zero attached hydrogens (tertiary/aromatic N) is 2. The van der Waals surface area contributed by atoms with Crippen molar-refractivity contribution in [3.05, 3.63) is 29.8 Å². The number of rotatable bonds is 2. The van der Waals surface area contributed by atoms with Crippen LogP contribution in [0.3, 0.4) is 0 Å². The number of hydrogen-bond acceptors (Lipinski definition) is 3. The number of benzene rings is 1. The summed E-state index contributed by atoms with van der Waals surface area (Å²) < 4.78 is 0. The maximum absolute atomic E-state index is 2.71. The molecule has 0 bridgehead atoms. The Morgan fingerprint density at radius 1 is 1.26 bits per heavy atom. The van der Waals surface area contributed by atoms with Crippen LogP contribution in [0.15, 0.2) is 29.2 Å². The van der Waals surface area contributed by atoms with E-state index in [1.807, 2.05) is 11.8 Å². The lowest BCUT2D eigenvalue weighted by atomic mass is 10.00. The summed E-state index contributed by atoms with van der Waals surface area (Å²) in [6.45, 7) is 7.34. The van der Waals surface area contributed by atoms with E-state index in [4.69, 9.17) is 0 Å². The molecule has 3 heteroatoms. The Morgan fingerprint density at radius 3 is 3.00 bits per heavy atom. The predicted octanol–water partition coefficient (Wildman–Crippen LogP) is 2.90. The summed E-state index contributed by atoms with van der Waals surface area (Å²) in [5.41, 5.74) is 1.58. The van der Waals surface area contributed by atoms with Crippen molar-refractivity contribution in [3.63, 3.8) is 0 Å². The Bertz CT molecular complexity index is 435. The summed E-state index contributed by atoms with van der Waals surface area (Å²) in [7, 11) is 2.25. The lowest BCUT2D eigenvalue weighted by Crippen LogP contribution is -2.40. The van der Waals surface area contributed by atoms with E-state index in [-0.39, 0.29) is 0 Å². The number of hydrogen-bond donors (Lipinski definition) is 0. The Hall–Kier alpha value is -0.510. The van der Waals surface area contributed by atoms with Gasteiger partial charge in [-0.05, 0) is 45.1 Å². The van der Waals surface area contributed by atoms with Crippen molar-refractivity contribution in [2.45, 2.75) is 30.2 Å². The quantitative estimate of drug-likeness (QED) is 0.820. The molecule has 1 fully saturated rings.